The van der Waals surface area contributed by atoms with Crippen molar-refractivity contribution in [1.82, 2.24) is 5.32 Å². The van der Waals surface area contributed by atoms with E-state index < -0.39 is 0 Å². The molecule has 1 aromatic carbocycles. The fraction of sp³-hybridized carbons (Fsp3) is 0.647. The Morgan fingerprint density at radius 2 is 1.95 bits per heavy atom. The Kier molecular flexibility index (Phi) is 6.51. The van der Waals surface area contributed by atoms with Gasteiger partial charge in [0.15, 0.2) is 0 Å². The summed E-state index contributed by atoms with van der Waals surface area (Å²) in [6.45, 7) is 4.63. The smallest absolute Gasteiger partial charge is 0.0977 e. The van der Waals surface area contributed by atoms with Crippen LogP contribution >= 0.6 is 0 Å². The molecule has 1 N–H and O–H groups in total. The standard InChI is InChI=1S/C17H27NO2/c1-3-20-17(15-7-5-4-6-8-15)16(18-2)13-14-9-11-19-12-10-14/h4-8,14,16-18H,3,9-13H2,1-2H3. The van der Waals surface area contributed by atoms with Gasteiger partial charge in [-0.3, -0.25) is 0 Å². The van der Waals surface area contributed by atoms with Gasteiger partial charge in [0.1, 0.15) is 0 Å². The summed E-state index contributed by atoms with van der Waals surface area (Å²) < 4.78 is 11.5. The molecule has 1 aliphatic heterocycles. The van der Waals surface area contributed by atoms with Crippen LogP contribution in [-0.2, 0) is 9.47 Å². The van der Waals surface area contributed by atoms with Gasteiger partial charge in [-0.1, -0.05) is 30.3 Å². The van der Waals surface area contributed by atoms with Crippen LogP contribution in [0.4, 0.5) is 0 Å². The zero-order valence-electron chi connectivity index (χ0n) is 12.7. The van der Waals surface area contributed by atoms with Crippen LogP contribution in [0.15, 0.2) is 30.3 Å². The summed E-state index contributed by atoms with van der Waals surface area (Å²) in [5.74, 6) is 0.743. The molecule has 0 aliphatic carbocycles. The second-order valence-electron chi connectivity index (χ2n) is 5.47. The Morgan fingerprint density at radius 1 is 1.25 bits per heavy atom. The monoisotopic (exact) mass is 277 g/mol. The molecule has 20 heavy (non-hydrogen) atoms. The topological polar surface area (TPSA) is 30.5 Å². The average Bonchev–Trinajstić information content (AvgIpc) is 2.52. The van der Waals surface area contributed by atoms with Crippen molar-refractivity contribution in [2.24, 2.45) is 5.92 Å². The summed E-state index contributed by atoms with van der Waals surface area (Å²) in [5, 5.41) is 3.47. The summed E-state index contributed by atoms with van der Waals surface area (Å²) in [6, 6.07) is 10.9. The third kappa shape index (κ3) is 4.30. The largest absolute Gasteiger partial charge is 0.381 e. The van der Waals surface area contributed by atoms with Gasteiger partial charge in [-0.25, -0.2) is 0 Å². The van der Waals surface area contributed by atoms with Crippen molar-refractivity contribution >= 4 is 0 Å². The number of nitrogens with one attached hydrogen (secondary N) is 1. The Bertz CT molecular complexity index is 363. The molecule has 112 valence electrons. The maximum Gasteiger partial charge on any atom is 0.0977 e. The predicted octanol–water partition coefficient (Wildman–Crippen LogP) is 3.17. The summed E-state index contributed by atoms with van der Waals surface area (Å²) in [4.78, 5) is 0. The molecule has 2 unspecified atom stereocenters. The normalized spacial score (nSPS) is 19.7. The first-order valence-electron chi connectivity index (χ1n) is 7.76. The zero-order valence-corrected chi connectivity index (χ0v) is 12.7. The van der Waals surface area contributed by atoms with E-state index >= 15 is 0 Å². The molecular formula is C17H27NO2. The van der Waals surface area contributed by atoms with E-state index in [0.717, 1.165) is 32.2 Å². The minimum atomic E-state index is 0.133. The molecule has 2 atom stereocenters. The summed E-state index contributed by atoms with van der Waals surface area (Å²) >= 11 is 0. The van der Waals surface area contributed by atoms with Crippen LogP contribution in [0.5, 0.6) is 0 Å². The Balaban J connectivity index is 2.04. The minimum absolute atomic E-state index is 0.133. The minimum Gasteiger partial charge on any atom is -0.381 e. The van der Waals surface area contributed by atoms with Gasteiger partial charge < -0.3 is 14.8 Å². The second-order valence-corrected chi connectivity index (χ2v) is 5.47. The molecule has 0 bridgehead atoms. The van der Waals surface area contributed by atoms with Crippen molar-refractivity contribution in [3.8, 4) is 0 Å². The van der Waals surface area contributed by atoms with Crippen molar-refractivity contribution in [2.75, 3.05) is 26.9 Å². The van der Waals surface area contributed by atoms with E-state index in [9.17, 15) is 0 Å². The van der Waals surface area contributed by atoms with Crippen molar-refractivity contribution in [3.63, 3.8) is 0 Å². The molecule has 0 aromatic heterocycles. The lowest BCUT2D eigenvalue weighted by molar-refractivity contribution is 0.0146. The van der Waals surface area contributed by atoms with Gasteiger partial charge in [0.05, 0.1) is 6.10 Å². The molecule has 0 radical (unpaired) electrons. The van der Waals surface area contributed by atoms with Gasteiger partial charge in [0.2, 0.25) is 0 Å². The molecule has 0 spiro atoms. The molecule has 0 saturated carbocycles. The number of ether oxygens (including phenoxy) is 2. The molecule has 3 heteroatoms. The maximum absolute atomic E-state index is 6.03. The zero-order chi connectivity index (χ0) is 14.2. The first-order chi connectivity index (χ1) is 9.85. The summed E-state index contributed by atoms with van der Waals surface area (Å²) in [5.41, 5.74) is 1.26. The molecular weight excluding hydrogens is 250 g/mol. The molecule has 2 rings (SSSR count). The number of hydrogen-bond donors (Lipinski definition) is 1. The molecule has 1 heterocycles. The highest BCUT2D eigenvalue weighted by molar-refractivity contribution is 5.19. The lowest BCUT2D eigenvalue weighted by Crippen LogP contribution is -2.36. The third-order valence-corrected chi connectivity index (χ3v) is 4.14. The van der Waals surface area contributed by atoms with Gasteiger partial charge >= 0.3 is 0 Å². The molecule has 1 aromatic rings. The van der Waals surface area contributed by atoms with Crippen molar-refractivity contribution in [1.29, 1.82) is 0 Å². The van der Waals surface area contributed by atoms with Gasteiger partial charge in [-0.2, -0.15) is 0 Å². The van der Waals surface area contributed by atoms with Crippen LogP contribution < -0.4 is 5.32 Å². The Hall–Kier alpha value is -0.900. The fourth-order valence-electron chi connectivity index (χ4n) is 3.00. The van der Waals surface area contributed by atoms with Crippen LogP contribution in [0.3, 0.4) is 0 Å². The van der Waals surface area contributed by atoms with Crippen molar-refractivity contribution in [3.05, 3.63) is 35.9 Å². The van der Waals surface area contributed by atoms with Crippen LogP contribution in [-0.4, -0.2) is 32.9 Å². The summed E-state index contributed by atoms with van der Waals surface area (Å²) in [7, 11) is 2.04. The van der Waals surface area contributed by atoms with E-state index in [1.54, 1.807) is 0 Å². The van der Waals surface area contributed by atoms with E-state index in [-0.39, 0.29) is 6.10 Å². The molecule has 0 amide bonds. The van der Waals surface area contributed by atoms with Gasteiger partial charge in [-0.05, 0) is 44.7 Å². The molecule has 1 aliphatic rings. The van der Waals surface area contributed by atoms with Gasteiger partial charge in [0.25, 0.3) is 0 Å². The van der Waals surface area contributed by atoms with Crippen LogP contribution in [0, 0.1) is 5.92 Å². The third-order valence-electron chi connectivity index (χ3n) is 4.14. The highest BCUT2D eigenvalue weighted by atomic mass is 16.5. The van der Waals surface area contributed by atoms with E-state index in [2.05, 4.69) is 42.6 Å². The van der Waals surface area contributed by atoms with Crippen molar-refractivity contribution < 1.29 is 9.47 Å². The van der Waals surface area contributed by atoms with Crippen LogP contribution in [0.25, 0.3) is 0 Å². The molecule has 1 saturated heterocycles. The van der Waals surface area contributed by atoms with E-state index in [1.165, 1.54) is 18.4 Å². The van der Waals surface area contributed by atoms with Gasteiger partial charge in [0, 0.05) is 25.9 Å². The van der Waals surface area contributed by atoms with E-state index in [0.29, 0.717) is 6.04 Å². The maximum atomic E-state index is 6.03. The number of hydrogen-bond acceptors (Lipinski definition) is 3. The first kappa shape index (κ1) is 15.5. The van der Waals surface area contributed by atoms with E-state index in [1.807, 2.05) is 7.05 Å². The van der Waals surface area contributed by atoms with Crippen molar-refractivity contribution in [2.45, 2.75) is 38.3 Å². The molecule has 1 fully saturated rings. The SMILES string of the molecule is CCOC(c1ccccc1)C(CC1CCOCC1)NC. The highest BCUT2D eigenvalue weighted by Gasteiger charge is 2.26. The van der Waals surface area contributed by atoms with Gasteiger partial charge in [-0.15, -0.1) is 0 Å². The average molecular weight is 277 g/mol. The Labute approximate surface area is 122 Å². The highest BCUT2D eigenvalue weighted by Crippen LogP contribution is 2.28. The first-order valence-corrected chi connectivity index (χ1v) is 7.76. The lowest BCUT2D eigenvalue weighted by atomic mass is 9.88. The molecule has 3 nitrogen and oxygen atoms in total. The summed E-state index contributed by atoms with van der Waals surface area (Å²) in [6.07, 6.45) is 3.63. The number of rotatable bonds is 7. The number of benzene rings is 1. The van der Waals surface area contributed by atoms with E-state index in [4.69, 9.17) is 9.47 Å². The fourth-order valence-corrected chi connectivity index (χ4v) is 3.00. The lowest BCUT2D eigenvalue weighted by Gasteiger charge is -2.32. The second kappa shape index (κ2) is 8.40. The quantitative estimate of drug-likeness (QED) is 0.830. The number of likely N-dealkylation sites (N-methyl/N-ethyl adjacent to an activating group) is 1. The van der Waals surface area contributed by atoms with Crippen LogP contribution in [0.1, 0.15) is 37.9 Å². The predicted molar refractivity (Wildman–Crippen MR) is 81.8 cm³/mol. The van der Waals surface area contributed by atoms with Crippen LogP contribution in [0.2, 0.25) is 0 Å². The Morgan fingerprint density at radius 3 is 2.55 bits per heavy atom.